The lowest BCUT2D eigenvalue weighted by Crippen LogP contribution is -2.16. The van der Waals surface area contributed by atoms with Crippen LogP contribution in [0.2, 0.25) is 0 Å². The molecule has 6 heteroatoms. The van der Waals surface area contributed by atoms with E-state index in [1.807, 2.05) is 32.0 Å². The number of anilines is 2. The van der Waals surface area contributed by atoms with E-state index in [0.29, 0.717) is 11.8 Å². The normalized spacial score (nSPS) is 10.4. The van der Waals surface area contributed by atoms with Crippen LogP contribution >= 0.6 is 0 Å². The molecule has 3 rings (SSSR count). The molecule has 0 spiro atoms. The summed E-state index contributed by atoms with van der Waals surface area (Å²) in [6.45, 7) is 3.86. The molecule has 0 aliphatic rings. The molecule has 0 aliphatic heterocycles. The van der Waals surface area contributed by atoms with Crippen LogP contribution in [0.4, 0.5) is 20.2 Å². The molecule has 0 fully saturated rings. The quantitative estimate of drug-likeness (QED) is 0.663. The number of amides is 2. The van der Waals surface area contributed by atoms with Crippen molar-refractivity contribution < 1.29 is 18.4 Å². The lowest BCUT2D eigenvalue weighted by atomic mass is 10.1. The molecule has 0 saturated carbocycles. The van der Waals surface area contributed by atoms with Crippen LogP contribution in [0.15, 0.2) is 60.7 Å². The van der Waals surface area contributed by atoms with E-state index in [0.717, 1.165) is 23.3 Å². The highest BCUT2D eigenvalue weighted by atomic mass is 19.1. The van der Waals surface area contributed by atoms with Gasteiger partial charge in [-0.05, 0) is 55.8 Å². The van der Waals surface area contributed by atoms with Crippen molar-refractivity contribution in [2.45, 2.75) is 13.8 Å². The molecule has 2 N–H and O–H groups in total. The Kier molecular flexibility index (Phi) is 5.49. The minimum Gasteiger partial charge on any atom is -0.322 e. The van der Waals surface area contributed by atoms with Gasteiger partial charge in [-0.3, -0.25) is 9.59 Å². The predicted octanol–water partition coefficient (Wildman–Crippen LogP) is 5.09. The first-order valence-corrected chi connectivity index (χ1v) is 8.58. The van der Waals surface area contributed by atoms with E-state index in [2.05, 4.69) is 10.6 Å². The fraction of sp³-hybridized carbons (Fsp3) is 0.0909. The number of nitrogens with one attached hydrogen (secondary N) is 2. The highest BCUT2D eigenvalue weighted by Gasteiger charge is 2.13. The van der Waals surface area contributed by atoms with E-state index in [4.69, 9.17) is 0 Å². The van der Waals surface area contributed by atoms with Gasteiger partial charge in [0.05, 0.1) is 5.69 Å². The SMILES string of the molecule is Cc1ccc(NC(=O)c2cccc(C(=O)Nc3ccc(F)cc3F)c2)c(C)c1. The average Bonchev–Trinajstić information content (AvgIpc) is 2.66. The van der Waals surface area contributed by atoms with Crippen LogP contribution in [-0.4, -0.2) is 11.8 Å². The van der Waals surface area contributed by atoms with Crippen LogP contribution in [0.5, 0.6) is 0 Å². The molecule has 0 atom stereocenters. The number of carbonyl (C=O) groups excluding carboxylic acids is 2. The van der Waals surface area contributed by atoms with Gasteiger partial charge in [0.15, 0.2) is 0 Å². The van der Waals surface area contributed by atoms with Crippen molar-refractivity contribution in [2.75, 3.05) is 10.6 Å². The Labute approximate surface area is 161 Å². The highest BCUT2D eigenvalue weighted by Crippen LogP contribution is 2.19. The summed E-state index contributed by atoms with van der Waals surface area (Å²) >= 11 is 0. The van der Waals surface area contributed by atoms with E-state index in [1.54, 1.807) is 12.1 Å². The first-order valence-electron chi connectivity index (χ1n) is 8.58. The van der Waals surface area contributed by atoms with E-state index in [9.17, 15) is 18.4 Å². The maximum absolute atomic E-state index is 13.7. The van der Waals surface area contributed by atoms with Crippen molar-refractivity contribution in [3.63, 3.8) is 0 Å². The highest BCUT2D eigenvalue weighted by molar-refractivity contribution is 6.08. The van der Waals surface area contributed by atoms with Crippen molar-refractivity contribution in [1.29, 1.82) is 0 Å². The second kappa shape index (κ2) is 8.00. The maximum Gasteiger partial charge on any atom is 0.255 e. The van der Waals surface area contributed by atoms with Crippen molar-refractivity contribution in [3.05, 3.63) is 94.6 Å². The molecular formula is C22H18F2N2O2. The Morgan fingerprint density at radius 1 is 0.750 bits per heavy atom. The molecule has 0 saturated heterocycles. The number of benzene rings is 3. The van der Waals surface area contributed by atoms with E-state index >= 15 is 0 Å². The Morgan fingerprint density at radius 3 is 1.96 bits per heavy atom. The van der Waals surface area contributed by atoms with Gasteiger partial charge in [0.1, 0.15) is 11.6 Å². The van der Waals surface area contributed by atoms with E-state index in [-0.39, 0.29) is 22.7 Å². The number of halogens is 2. The van der Waals surface area contributed by atoms with Crippen LogP contribution in [0.25, 0.3) is 0 Å². The van der Waals surface area contributed by atoms with Crippen LogP contribution in [0.3, 0.4) is 0 Å². The Morgan fingerprint density at radius 2 is 1.36 bits per heavy atom. The summed E-state index contributed by atoms with van der Waals surface area (Å²) < 4.78 is 26.7. The van der Waals surface area contributed by atoms with Gasteiger partial charge in [-0.1, -0.05) is 23.8 Å². The molecule has 142 valence electrons. The maximum atomic E-state index is 13.7. The largest absolute Gasteiger partial charge is 0.322 e. The molecule has 0 heterocycles. The van der Waals surface area contributed by atoms with Gasteiger partial charge >= 0.3 is 0 Å². The predicted molar refractivity (Wildman–Crippen MR) is 105 cm³/mol. The van der Waals surface area contributed by atoms with Crippen LogP contribution in [0, 0.1) is 25.5 Å². The zero-order valence-corrected chi connectivity index (χ0v) is 15.3. The number of hydrogen-bond acceptors (Lipinski definition) is 2. The van der Waals surface area contributed by atoms with Crippen molar-refractivity contribution in [1.82, 2.24) is 0 Å². The van der Waals surface area contributed by atoms with Crippen LogP contribution in [-0.2, 0) is 0 Å². The molecule has 3 aromatic rings. The molecule has 0 radical (unpaired) electrons. The molecule has 2 amide bonds. The summed E-state index contributed by atoms with van der Waals surface area (Å²) in [6, 6.07) is 14.6. The second-order valence-electron chi connectivity index (χ2n) is 6.43. The monoisotopic (exact) mass is 380 g/mol. The third-order valence-electron chi connectivity index (χ3n) is 4.20. The fourth-order valence-electron chi connectivity index (χ4n) is 2.74. The number of aryl methyl sites for hydroxylation is 2. The van der Waals surface area contributed by atoms with Crippen molar-refractivity contribution >= 4 is 23.2 Å². The minimum absolute atomic E-state index is 0.142. The Balaban J connectivity index is 1.77. The number of carbonyl (C=O) groups is 2. The van der Waals surface area contributed by atoms with Crippen LogP contribution < -0.4 is 10.6 Å². The lowest BCUT2D eigenvalue weighted by molar-refractivity contribution is 0.102. The van der Waals surface area contributed by atoms with Gasteiger partial charge < -0.3 is 10.6 Å². The Bertz CT molecular complexity index is 983. The molecule has 0 bridgehead atoms. The zero-order chi connectivity index (χ0) is 20.3. The third-order valence-corrected chi connectivity index (χ3v) is 4.20. The van der Waals surface area contributed by atoms with Crippen molar-refractivity contribution in [2.24, 2.45) is 0 Å². The standard InChI is InChI=1S/C22H18F2N2O2/c1-13-6-8-19(14(2)10-13)25-21(27)15-4-3-5-16(11-15)22(28)26-20-9-7-17(23)12-18(20)24/h3-12H,1-2H3,(H,25,27)(H,26,28). The number of hydrogen-bond donors (Lipinski definition) is 2. The Hall–Kier alpha value is -3.54. The lowest BCUT2D eigenvalue weighted by Gasteiger charge is -2.10. The van der Waals surface area contributed by atoms with Gasteiger partial charge in [0.25, 0.3) is 11.8 Å². The van der Waals surface area contributed by atoms with Gasteiger partial charge in [-0.25, -0.2) is 8.78 Å². The van der Waals surface area contributed by atoms with E-state index in [1.165, 1.54) is 12.1 Å². The molecule has 28 heavy (non-hydrogen) atoms. The summed E-state index contributed by atoms with van der Waals surface area (Å²) in [5.41, 5.74) is 3.01. The van der Waals surface area contributed by atoms with Gasteiger partial charge in [0, 0.05) is 22.9 Å². The fourth-order valence-corrected chi connectivity index (χ4v) is 2.74. The summed E-state index contributed by atoms with van der Waals surface area (Å²) in [5, 5.41) is 5.19. The smallest absolute Gasteiger partial charge is 0.255 e. The van der Waals surface area contributed by atoms with Gasteiger partial charge in [-0.15, -0.1) is 0 Å². The summed E-state index contributed by atoms with van der Waals surface area (Å²) in [4.78, 5) is 24.9. The molecular weight excluding hydrogens is 362 g/mol. The average molecular weight is 380 g/mol. The third kappa shape index (κ3) is 4.40. The number of rotatable bonds is 4. The molecule has 0 aromatic heterocycles. The molecule has 4 nitrogen and oxygen atoms in total. The first kappa shape index (κ1) is 19.2. The summed E-state index contributed by atoms with van der Waals surface area (Å²) in [5.74, 6) is -2.58. The second-order valence-corrected chi connectivity index (χ2v) is 6.43. The van der Waals surface area contributed by atoms with Crippen molar-refractivity contribution in [3.8, 4) is 0 Å². The molecule has 0 aliphatic carbocycles. The van der Waals surface area contributed by atoms with E-state index < -0.39 is 17.5 Å². The zero-order valence-electron chi connectivity index (χ0n) is 15.3. The first-order chi connectivity index (χ1) is 13.3. The summed E-state index contributed by atoms with van der Waals surface area (Å²) in [6.07, 6.45) is 0. The topological polar surface area (TPSA) is 58.2 Å². The van der Waals surface area contributed by atoms with Crippen LogP contribution in [0.1, 0.15) is 31.8 Å². The summed E-state index contributed by atoms with van der Waals surface area (Å²) in [7, 11) is 0. The molecule has 0 unspecified atom stereocenters. The molecule has 3 aromatic carbocycles. The van der Waals surface area contributed by atoms with Gasteiger partial charge in [-0.2, -0.15) is 0 Å². The van der Waals surface area contributed by atoms with Gasteiger partial charge in [0.2, 0.25) is 0 Å². The minimum atomic E-state index is -0.878.